The maximum Gasteiger partial charge on any atom is 0.272 e. The molecule has 1 aliphatic heterocycles. The van der Waals surface area contributed by atoms with E-state index in [-0.39, 0.29) is 24.4 Å². The number of carbonyl (C=O) groups excluding carboxylic acids is 2. The van der Waals surface area contributed by atoms with Crippen LogP contribution >= 0.6 is 11.6 Å². The Labute approximate surface area is 199 Å². The van der Waals surface area contributed by atoms with Crippen molar-refractivity contribution < 1.29 is 9.59 Å². The van der Waals surface area contributed by atoms with Crippen molar-refractivity contribution in [2.24, 2.45) is 0 Å². The molecule has 0 radical (unpaired) electrons. The van der Waals surface area contributed by atoms with Crippen molar-refractivity contribution in [1.82, 2.24) is 14.7 Å². The van der Waals surface area contributed by atoms with Crippen LogP contribution in [0.2, 0.25) is 5.02 Å². The summed E-state index contributed by atoms with van der Waals surface area (Å²) >= 11 is 6.03. The van der Waals surface area contributed by atoms with Crippen LogP contribution in [0.3, 0.4) is 0 Å². The van der Waals surface area contributed by atoms with Gasteiger partial charge in [0.15, 0.2) is 0 Å². The Morgan fingerprint density at radius 2 is 1.85 bits per heavy atom. The summed E-state index contributed by atoms with van der Waals surface area (Å²) in [5.74, 6) is -0.281. The number of hydrogen-bond donors (Lipinski definition) is 0. The Hall–Kier alpha value is -3.12. The van der Waals surface area contributed by atoms with E-state index >= 15 is 0 Å². The Balaban J connectivity index is 1.59. The molecule has 0 aliphatic carbocycles. The summed E-state index contributed by atoms with van der Waals surface area (Å²) in [6.07, 6.45) is 4.21. The number of anilines is 1. The number of nitrogens with zero attached hydrogens (tertiary/aromatic N) is 4. The van der Waals surface area contributed by atoms with Gasteiger partial charge in [0.25, 0.3) is 5.91 Å². The fourth-order valence-electron chi connectivity index (χ4n) is 4.22. The van der Waals surface area contributed by atoms with Crippen LogP contribution in [0.15, 0.2) is 60.7 Å². The lowest BCUT2D eigenvalue weighted by molar-refractivity contribution is -0.119. The summed E-state index contributed by atoms with van der Waals surface area (Å²) in [7, 11) is 1.74. The van der Waals surface area contributed by atoms with Crippen molar-refractivity contribution >= 4 is 29.1 Å². The Bertz CT molecular complexity index is 1110. The zero-order valence-corrected chi connectivity index (χ0v) is 19.8. The molecule has 2 heterocycles. The maximum atomic E-state index is 13.4. The number of likely N-dealkylation sites (N-methyl/N-ethyl adjacent to an activating group) is 1. The van der Waals surface area contributed by atoms with Crippen LogP contribution in [-0.4, -0.2) is 46.6 Å². The monoisotopic (exact) mass is 464 g/mol. The normalized spacial score (nSPS) is 15.4. The van der Waals surface area contributed by atoms with Gasteiger partial charge in [0.05, 0.1) is 11.7 Å². The zero-order valence-electron chi connectivity index (χ0n) is 19.1. The van der Waals surface area contributed by atoms with Crippen molar-refractivity contribution in [3.8, 4) is 11.3 Å². The highest BCUT2D eigenvalue weighted by molar-refractivity contribution is 6.30. The zero-order chi connectivity index (χ0) is 23.4. The fourth-order valence-corrected chi connectivity index (χ4v) is 4.34. The number of benzene rings is 2. The van der Waals surface area contributed by atoms with Crippen molar-refractivity contribution in [2.45, 2.75) is 38.6 Å². The second-order valence-corrected chi connectivity index (χ2v) is 8.93. The van der Waals surface area contributed by atoms with Gasteiger partial charge in [0, 0.05) is 29.9 Å². The van der Waals surface area contributed by atoms with Crippen LogP contribution < -0.4 is 4.90 Å². The molecular formula is C26H29ClN4O2. The predicted octanol–water partition coefficient (Wildman–Crippen LogP) is 5.44. The summed E-state index contributed by atoms with van der Waals surface area (Å²) in [6, 6.07) is 18.8. The third kappa shape index (κ3) is 5.11. The largest absolute Gasteiger partial charge is 0.326 e. The van der Waals surface area contributed by atoms with Crippen LogP contribution in [0, 0.1) is 0 Å². The molecule has 0 saturated heterocycles. The van der Waals surface area contributed by atoms with Gasteiger partial charge in [0.2, 0.25) is 5.91 Å². The van der Waals surface area contributed by atoms with E-state index in [1.165, 1.54) is 0 Å². The molecule has 2 aromatic carbocycles. The first kappa shape index (κ1) is 23.1. The molecule has 0 spiro atoms. The minimum absolute atomic E-state index is 0.0377. The first-order valence-electron chi connectivity index (χ1n) is 11.4. The Morgan fingerprint density at radius 3 is 2.55 bits per heavy atom. The van der Waals surface area contributed by atoms with Gasteiger partial charge in [-0.25, -0.2) is 0 Å². The van der Waals surface area contributed by atoms with Gasteiger partial charge in [-0.15, -0.1) is 0 Å². The molecule has 0 bridgehead atoms. The molecular weight excluding hydrogens is 436 g/mol. The van der Waals surface area contributed by atoms with Gasteiger partial charge in [-0.2, -0.15) is 5.10 Å². The second-order valence-electron chi connectivity index (χ2n) is 8.49. The molecule has 0 N–H and O–H groups in total. The highest BCUT2D eigenvalue weighted by Crippen LogP contribution is 2.30. The standard InChI is InChI=1S/C26H29ClN4O2/c1-3-4-6-11-22-17-30(18-25(32)29(2)21-9-7-5-8-10-21)26(33)24-16-23(28-31(22)24)19-12-14-20(27)15-13-19/h5,7-10,12-16,22H,3-4,6,11,17-18H2,1-2H3. The van der Waals surface area contributed by atoms with Crippen molar-refractivity contribution in [1.29, 1.82) is 0 Å². The van der Waals surface area contributed by atoms with Crippen LogP contribution in [0.4, 0.5) is 5.69 Å². The topological polar surface area (TPSA) is 58.4 Å². The molecule has 1 unspecified atom stereocenters. The van der Waals surface area contributed by atoms with E-state index in [0.29, 0.717) is 17.3 Å². The molecule has 1 aromatic heterocycles. The molecule has 172 valence electrons. The highest BCUT2D eigenvalue weighted by Gasteiger charge is 2.34. The van der Waals surface area contributed by atoms with Crippen LogP contribution in [0.1, 0.15) is 49.1 Å². The van der Waals surface area contributed by atoms with Crippen LogP contribution in [-0.2, 0) is 4.79 Å². The van der Waals surface area contributed by atoms with Gasteiger partial charge in [0.1, 0.15) is 12.2 Å². The molecule has 1 atom stereocenters. The first-order chi connectivity index (χ1) is 16.0. The number of amides is 2. The van der Waals surface area contributed by atoms with Crippen molar-refractivity contribution in [3.63, 3.8) is 0 Å². The summed E-state index contributed by atoms with van der Waals surface area (Å²) in [4.78, 5) is 29.6. The molecule has 33 heavy (non-hydrogen) atoms. The highest BCUT2D eigenvalue weighted by atomic mass is 35.5. The van der Waals surface area contributed by atoms with E-state index < -0.39 is 0 Å². The summed E-state index contributed by atoms with van der Waals surface area (Å²) in [5.41, 5.74) is 2.99. The lowest BCUT2D eigenvalue weighted by Gasteiger charge is -2.34. The lowest BCUT2D eigenvalue weighted by Crippen LogP contribution is -2.48. The SMILES string of the molecule is CCCCCC1CN(CC(=O)N(C)c2ccccc2)C(=O)c2cc(-c3ccc(Cl)cc3)nn21. The molecule has 1 aliphatic rings. The summed E-state index contributed by atoms with van der Waals surface area (Å²) < 4.78 is 1.86. The Morgan fingerprint density at radius 1 is 1.12 bits per heavy atom. The number of carbonyl (C=O) groups is 2. The number of para-hydroxylation sites is 1. The van der Waals surface area contributed by atoms with Gasteiger partial charge < -0.3 is 9.80 Å². The van der Waals surface area contributed by atoms with Crippen LogP contribution in [0.25, 0.3) is 11.3 Å². The average Bonchev–Trinajstić information content (AvgIpc) is 3.28. The number of halogens is 1. The minimum atomic E-state index is -0.163. The minimum Gasteiger partial charge on any atom is -0.326 e. The lowest BCUT2D eigenvalue weighted by atomic mass is 10.0. The second kappa shape index (κ2) is 10.2. The van der Waals surface area contributed by atoms with Crippen LogP contribution in [0.5, 0.6) is 0 Å². The third-order valence-electron chi connectivity index (χ3n) is 6.14. The van der Waals surface area contributed by atoms with Gasteiger partial charge in [-0.05, 0) is 36.8 Å². The van der Waals surface area contributed by atoms with Gasteiger partial charge in [-0.1, -0.05) is 68.1 Å². The number of fused-ring (bicyclic) bond motifs is 1. The molecule has 6 nitrogen and oxygen atoms in total. The van der Waals surface area contributed by atoms with E-state index in [1.54, 1.807) is 16.8 Å². The molecule has 2 amide bonds. The molecule has 7 heteroatoms. The molecule has 0 fully saturated rings. The number of unbranched alkanes of at least 4 members (excludes halogenated alkanes) is 2. The first-order valence-corrected chi connectivity index (χ1v) is 11.8. The van der Waals surface area contributed by atoms with E-state index in [2.05, 4.69) is 6.92 Å². The maximum absolute atomic E-state index is 13.4. The number of aromatic nitrogens is 2. The van der Waals surface area contributed by atoms with E-state index in [9.17, 15) is 9.59 Å². The summed E-state index contributed by atoms with van der Waals surface area (Å²) in [5, 5.41) is 5.44. The molecule has 4 rings (SSSR count). The fraction of sp³-hybridized carbons (Fsp3) is 0.346. The number of hydrogen-bond acceptors (Lipinski definition) is 3. The quantitative estimate of drug-likeness (QED) is 0.417. The van der Waals surface area contributed by atoms with Crippen molar-refractivity contribution in [2.75, 3.05) is 25.0 Å². The molecule has 0 saturated carbocycles. The average molecular weight is 465 g/mol. The van der Waals surface area contributed by atoms with E-state index in [0.717, 1.165) is 42.6 Å². The van der Waals surface area contributed by atoms with E-state index in [1.807, 2.05) is 65.3 Å². The summed E-state index contributed by atoms with van der Waals surface area (Å²) in [6.45, 7) is 2.69. The smallest absolute Gasteiger partial charge is 0.272 e. The third-order valence-corrected chi connectivity index (χ3v) is 6.40. The van der Waals surface area contributed by atoms with Gasteiger partial charge >= 0.3 is 0 Å². The van der Waals surface area contributed by atoms with Gasteiger partial charge in [-0.3, -0.25) is 14.3 Å². The Kier molecular flexibility index (Phi) is 7.14. The van der Waals surface area contributed by atoms with E-state index in [4.69, 9.17) is 16.7 Å². The number of rotatable bonds is 8. The van der Waals surface area contributed by atoms with Crippen molar-refractivity contribution in [3.05, 3.63) is 71.4 Å². The molecule has 3 aromatic rings. The predicted molar refractivity (Wildman–Crippen MR) is 132 cm³/mol.